The summed E-state index contributed by atoms with van der Waals surface area (Å²) in [7, 11) is 3.14. The summed E-state index contributed by atoms with van der Waals surface area (Å²) in [5.41, 5.74) is 2.20. The molecule has 9 nitrogen and oxygen atoms in total. The Hall–Kier alpha value is -3.69. The maximum absolute atomic E-state index is 13.3. The van der Waals surface area contributed by atoms with E-state index in [1.54, 1.807) is 19.9 Å². The fourth-order valence-corrected chi connectivity index (χ4v) is 4.51. The lowest BCUT2D eigenvalue weighted by Gasteiger charge is -2.30. The number of benzene rings is 2. The molecule has 3 rings (SSSR count). The minimum Gasteiger partial charge on any atom is -0.466 e. The zero-order chi connectivity index (χ0) is 26.4. The number of nitrogens with one attached hydrogen (secondary N) is 1. The van der Waals surface area contributed by atoms with Gasteiger partial charge in [-0.1, -0.05) is 54.1 Å². The highest BCUT2D eigenvalue weighted by atomic mass is 35.5. The second-order valence-corrected chi connectivity index (χ2v) is 8.80. The van der Waals surface area contributed by atoms with Gasteiger partial charge in [-0.3, -0.25) is 15.0 Å². The molecule has 0 aliphatic carbocycles. The van der Waals surface area contributed by atoms with Crippen molar-refractivity contribution in [2.45, 2.75) is 26.3 Å². The second kappa shape index (κ2) is 11.8. The normalized spacial score (nSPS) is 15.6. The summed E-state index contributed by atoms with van der Waals surface area (Å²) < 4.78 is 10.6. The molecule has 1 aliphatic heterocycles. The van der Waals surface area contributed by atoms with E-state index in [0.717, 1.165) is 5.56 Å². The number of likely N-dealkylation sites (N-methyl/N-ethyl adjacent to an activating group) is 1. The Bertz CT molecular complexity index is 1230. The molecular formula is C26H28ClN3O6. The van der Waals surface area contributed by atoms with Crippen LogP contribution in [-0.4, -0.2) is 49.1 Å². The van der Waals surface area contributed by atoms with Crippen molar-refractivity contribution in [2.75, 3.05) is 27.3 Å². The van der Waals surface area contributed by atoms with Gasteiger partial charge in [-0.2, -0.15) is 0 Å². The number of allylic oxidation sites excluding steroid dienone is 2. The maximum atomic E-state index is 13.3. The number of halogens is 1. The van der Waals surface area contributed by atoms with Gasteiger partial charge in [0.2, 0.25) is 0 Å². The minimum atomic E-state index is -1.01. The fraction of sp³-hybridized carbons (Fsp3) is 0.308. The van der Waals surface area contributed by atoms with Gasteiger partial charge in [-0.25, -0.2) is 9.59 Å². The Morgan fingerprint density at radius 3 is 2.31 bits per heavy atom. The van der Waals surface area contributed by atoms with Gasteiger partial charge >= 0.3 is 11.9 Å². The van der Waals surface area contributed by atoms with Gasteiger partial charge in [0, 0.05) is 30.5 Å². The number of hydrogen-bond acceptors (Lipinski definition) is 8. The van der Waals surface area contributed by atoms with Crippen molar-refractivity contribution in [1.82, 2.24) is 10.2 Å². The van der Waals surface area contributed by atoms with Gasteiger partial charge in [-0.15, -0.1) is 0 Å². The van der Waals surface area contributed by atoms with Crippen LogP contribution in [-0.2, 0) is 25.6 Å². The molecule has 0 aromatic heterocycles. The number of nitrogens with zero attached hydrogens (tertiary/aromatic N) is 2. The van der Waals surface area contributed by atoms with E-state index in [2.05, 4.69) is 5.32 Å². The van der Waals surface area contributed by atoms with Crippen LogP contribution >= 0.6 is 11.6 Å². The number of nitro groups is 1. The second-order valence-electron chi connectivity index (χ2n) is 8.42. The summed E-state index contributed by atoms with van der Waals surface area (Å²) in [5, 5.41) is 14.4. The summed E-state index contributed by atoms with van der Waals surface area (Å²) in [4.78, 5) is 39.0. The van der Waals surface area contributed by atoms with E-state index in [-0.39, 0.29) is 34.0 Å². The summed E-state index contributed by atoms with van der Waals surface area (Å²) in [5.74, 6) is -2.36. The third-order valence-electron chi connectivity index (χ3n) is 5.90. The van der Waals surface area contributed by atoms with E-state index < -0.39 is 22.8 Å². The molecule has 10 heteroatoms. The third kappa shape index (κ3) is 5.92. The van der Waals surface area contributed by atoms with Crippen molar-refractivity contribution in [3.63, 3.8) is 0 Å². The number of ether oxygens (including phenoxy) is 2. The average molecular weight is 514 g/mol. The Morgan fingerprint density at radius 1 is 1.06 bits per heavy atom. The maximum Gasteiger partial charge on any atom is 0.336 e. The molecule has 1 N–H and O–H groups in total. The Morgan fingerprint density at radius 2 is 1.69 bits per heavy atom. The topological polar surface area (TPSA) is 111 Å². The lowest BCUT2D eigenvalue weighted by Crippen LogP contribution is -2.33. The van der Waals surface area contributed by atoms with E-state index in [0.29, 0.717) is 24.5 Å². The number of carbonyl (C=O) groups excluding carboxylic acids is 2. The van der Waals surface area contributed by atoms with E-state index in [1.807, 2.05) is 42.3 Å². The van der Waals surface area contributed by atoms with Crippen LogP contribution in [0.25, 0.3) is 0 Å². The molecule has 0 radical (unpaired) electrons. The predicted molar refractivity (Wildman–Crippen MR) is 135 cm³/mol. The number of carbonyl (C=O) groups is 2. The van der Waals surface area contributed by atoms with Crippen LogP contribution in [0, 0.1) is 10.1 Å². The van der Waals surface area contributed by atoms with E-state index in [9.17, 15) is 19.7 Å². The highest BCUT2D eigenvalue weighted by molar-refractivity contribution is 6.33. The van der Waals surface area contributed by atoms with Crippen LogP contribution < -0.4 is 5.32 Å². The number of esters is 2. The molecular weight excluding hydrogens is 486 g/mol. The van der Waals surface area contributed by atoms with Crippen LogP contribution in [0.3, 0.4) is 0 Å². The number of rotatable bonds is 9. The van der Waals surface area contributed by atoms with Gasteiger partial charge < -0.3 is 14.8 Å². The van der Waals surface area contributed by atoms with Crippen LogP contribution in [0.4, 0.5) is 5.69 Å². The Kier molecular flexibility index (Phi) is 8.84. The number of hydrogen-bond donors (Lipinski definition) is 1. The largest absolute Gasteiger partial charge is 0.466 e. The highest BCUT2D eigenvalue weighted by Gasteiger charge is 2.40. The van der Waals surface area contributed by atoms with E-state index >= 15 is 0 Å². The third-order valence-corrected chi connectivity index (χ3v) is 6.31. The molecule has 0 bridgehead atoms. The predicted octanol–water partition coefficient (Wildman–Crippen LogP) is 4.33. The SMILES string of the molecule is COC(=O)C1=C(C)NC(C)=C(C(=O)OCCN(C)Cc2ccccc2)C1c1cccc([N+](=O)[O-])c1Cl. The molecule has 1 atom stereocenters. The van der Waals surface area contributed by atoms with Gasteiger partial charge in [0.1, 0.15) is 11.6 Å². The van der Waals surface area contributed by atoms with Crippen molar-refractivity contribution in [1.29, 1.82) is 0 Å². The zero-order valence-corrected chi connectivity index (χ0v) is 21.3. The summed E-state index contributed by atoms with van der Waals surface area (Å²) >= 11 is 6.42. The average Bonchev–Trinajstić information content (AvgIpc) is 2.83. The molecule has 0 saturated heterocycles. The van der Waals surface area contributed by atoms with Gasteiger partial charge in [0.25, 0.3) is 5.69 Å². The molecule has 0 spiro atoms. The van der Waals surface area contributed by atoms with Crippen molar-refractivity contribution < 1.29 is 24.0 Å². The number of methoxy groups -OCH3 is 1. The first-order chi connectivity index (χ1) is 17.1. The van der Waals surface area contributed by atoms with Crippen LogP contribution in [0.1, 0.15) is 30.9 Å². The number of nitro benzene ring substituents is 1. The van der Waals surface area contributed by atoms with Crippen LogP contribution in [0.2, 0.25) is 5.02 Å². The van der Waals surface area contributed by atoms with Crippen molar-refractivity contribution in [3.8, 4) is 0 Å². The highest BCUT2D eigenvalue weighted by Crippen LogP contribution is 2.44. The monoisotopic (exact) mass is 513 g/mol. The smallest absolute Gasteiger partial charge is 0.336 e. The molecule has 1 aliphatic rings. The molecule has 190 valence electrons. The Balaban J connectivity index is 1.89. The molecule has 1 unspecified atom stereocenters. The van der Waals surface area contributed by atoms with E-state index in [1.165, 1.54) is 19.2 Å². The molecule has 0 saturated carbocycles. The standard InChI is InChI=1S/C26H28ClN3O6/c1-16-21(25(31)35-4)23(19-11-8-12-20(24(19)27)30(33)34)22(17(2)28-16)26(32)36-14-13-29(3)15-18-9-6-5-7-10-18/h5-12,23,28H,13-15H2,1-4H3. The molecule has 36 heavy (non-hydrogen) atoms. The van der Waals surface area contributed by atoms with Gasteiger partial charge in [0.05, 0.1) is 29.1 Å². The minimum absolute atomic E-state index is 0.102. The summed E-state index contributed by atoms with van der Waals surface area (Å²) in [6, 6.07) is 14.2. The number of dihydropyridines is 1. The fourth-order valence-electron chi connectivity index (χ4n) is 4.20. The van der Waals surface area contributed by atoms with Crippen molar-refractivity contribution >= 4 is 29.2 Å². The lowest BCUT2D eigenvalue weighted by atomic mass is 9.80. The lowest BCUT2D eigenvalue weighted by molar-refractivity contribution is -0.384. The Labute approximate surface area is 214 Å². The molecule has 1 heterocycles. The molecule has 2 aromatic rings. The first kappa shape index (κ1) is 26.9. The van der Waals surface area contributed by atoms with Gasteiger partial charge in [0.15, 0.2) is 0 Å². The van der Waals surface area contributed by atoms with Crippen molar-refractivity contribution in [2.24, 2.45) is 0 Å². The zero-order valence-electron chi connectivity index (χ0n) is 20.5. The first-order valence-electron chi connectivity index (χ1n) is 11.2. The van der Waals surface area contributed by atoms with Crippen molar-refractivity contribution in [3.05, 3.63) is 97.3 Å². The van der Waals surface area contributed by atoms with Crippen LogP contribution in [0.15, 0.2) is 71.1 Å². The quantitative estimate of drug-likeness (QED) is 0.299. The van der Waals surface area contributed by atoms with E-state index in [4.69, 9.17) is 21.1 Å². The summed E-state index contributed by atoms with van der Waals surface area (Å²) in [6.45, 7) is 4.59. The molecule has 2 aromatic carbocycles. The summed E-state index contributed by atoms with van der Waals surface area (Å²) in [6.07, 6.45) is 0. The van der Waals surface area contributed by atoms with Crippen LogP contribution in [0.5, 0.6) is 0 Å². The molecule has 0 fully saturated rings. The first-order valence-corrected chi connectivity index (χ1v) is 11.6. The van der Waals surface area contributed by atoms with Gasteiger partial charge in [-0.05, 0) is 32.0 Å². The molecule has 0 amide bonds.